The first-order chi connectivity index (χ1) is 16.5. The molecule has 12 heteroatoms. The molecule has 36 heavy (non-hydrogen) atoms. The highest BCUT2D eigenvalue weighted by atomic mass is 35.5. The number of hydrogen-bond acceptors (Lipinski definition) is 6. The molecule has 1 fully saturated rings. The average Bonchev–Trinajstić information content (AvgIpc) is 3.57. The SMILES string of the molecule is CC(C)Oc1ncc(OC2CC(F)=C(C(=O)N([Si](C)(C)C(C)(C)C)S(=N)(=O)C3CC3)C=C2Cl)cc1Cl. The minimum absolute atomic E-state index is 0.108. The summed E-state index contributed by atoms with van der Waals surface area (Å²) in [6.07, 6.45) is 2.55. The summed E-state index contributed by atoms with van der Waals surface area (Å²) in [5, 5.41) is -0.446. The molecule has 0 aromatic carbocycles. The van der Waals surface area contributed by atoms with Crippen molar-refractivity contribution in [3.63, 3.8) is 0 Å². The lowest BCUT2D eigenvalue weighted by Gasteiger charge is -2.46. The van der Waals surface area contributed by atoms with E-state index in [-0.39, 0.29) is 39.8 Å². The third-order valence-electron chi connectivity index (χ3n) is 6.66. The highest BCUT2D eigenvalue weighted by Gasteiger charge is 2.52. The van der Waals surface area contributed by atoms with Gasteiger partial charge < -0.3 is 9.47 Å². The number of pyridine rings is 1. The Morgan fingerprint density at radius 1 is 1.31 bits per heavy atom. The number of rotatable bonds is 8. The van der Waals surface area contributed by atoms with Crippen LogP contribution in [0.2, 0.25) is 23.2 Å². The van der Waals surface area contributed by atoms with Crippen molar-refractivity contribution in [2.45, 2.75) is 89.5 Å². The van der Waals surface area contributed by atoms with Crippen LogP contribution < -0.4 is 9.47 Å². The quantitative estimate of drug-likeness (QED) is 0.336. The normalized spacial score (nSPS) is 20.6. The van der Waals surface area contributed by atoms with Gasteiger partial charge in [-0.1, -0.05) is 57.1 Å². The zero-order valence-electron chi connectivity index (χ0n) is 21.7. The van der Waals surface area contributed by atoms with Crippen LogP contribution in [0.25, 0.3) is 0 Å². The van der Waals surface area contributed by atoms with Gasteiger partial charge in [0.2, 0.25) is 5.88 Å². The number of ether oxygens (including phenoxy) is 2. The largest absolute Gasteiger partial charge is 0.483 e. The highest BCUT2D eigenvalue weighted by Crippen LogP contribution is 2.45. The van der Waals surface area contributed by atoms with Gasteiger partial charge in [0, 0.05) is 12.5 Å². The summed E-state index contributed by atoms with van der Waals surface area (Å²) in [6.45, 7) is 13.3. The van der Waals surface area contributed by atoms with Gasteiger partial charge in [-0.2, -0.15) is 0 Å². The van der Waals surface area contributed by atoms with E-state index in [1.165, 1.54) is 22.3 Å². The summed E-state index contributed by atoms with van der Waals surface area (Å²) in [7, 11) is -6.24. The standard InChI is InChI=1S/C24H34Cl2FN3O4SSi/c1-14(2)33-22-19(26)10-15(13-29-22)34-21-12-20(27)17(11-18(21)25)23(31)30(35(28,32)16-8-9-16)36(6,7)24(3,4)5/h10-11,13-14,16,21,28H,8-9,12H2,1-7H3. The first-order valence-electron chi connectivity index (χ1n) is 11.8. The van der Waals surface area contributed by atoms with E-state index >= 15 is 4.39 Å². The second kappa shape index (κ2) is 10.3. The first kappa shape index (κ1) is 28.9. The Bertz CT molecular complexity index is 1210. The number of carbonyl (C=O) groups is 1. The molecule has 1 aromatic heterocycles. The van der Waals surface area contributed by atoms with E-state index in [0.717, 1.165) is 0 Å². The van der Waals surface area contributed by atoms with E-state index in [1.54, 1.807) is 0 Å². The van der Waals surface area contributed by atoms with Crippen LogP contribution in [-0.2, 0) is 14.7 Å². The molecule has 0 aliphatic heterocycles. The molecule has 1 heterocycles. The monoisotopic (exact) mass is 577 g/mol. The van der Waals surface area contributed by atoms with Crippen LogP contribution in [-0.4, -0.2) is 44.8 Å². The fraction of sp³-hybridized carbons (Fsp3) is 0.583. The maximum Gasteiger partial charge on any atom is 0.260 e. The summed E-state index contributed by atoms with van der Waals surface area (Å²) in [5.41, 5.74) is -0.276. The van der Waals surface area contributed by atoms with Crippen molar-refractivity contribution in [2.24, 2.45) is 0 Å². The zero-order chi connectivity index (χ0) is 27.2. The predicted octanol–water partition coefficient (Wildman–Crippen LogP) is 6.98. The average molecular weight is 579 g/mol. The van der Waals surface area contributed by atoms with Crippen LogP contribution >= 0.6 is 23.2 Å². The predicted molar refractivity (Wildman–Crippen MR) is 144 cm³/mol. The third-order valence-corrected chi connectivity index (χ3v) is 16.4. The molecule has 0 bridgehead atoms. The number of amides is 1. The van der Waals surface area contributed by atoms with Gasteiger partial charge in [0.1, 0.15) is 32.6 Å². The van der Waals surface area contributed by atoms with E-state index in [9.17, 15) is 9.00 Å². The number of hydrogen-bond donors (Lipinski definition) is 1. The fourth-order valence-corrected chi connectivity index (χ4v) is 10.6. The zero-order valence-corrected chi connectivity index (χ0v) is 25.0. The second-order valence-corrected chi connectivity index (χ2v) is 19.4. The molecule has 0 saturated heterocycles. The van der Waals surface area contributed by atoms with Crippen molar-refractivity contribution >= 4 is 47.3 Å². The van der Waals surface area contributed by atoms with Crippen molar-refractivity contribution in [2.75, 3.05) is 0 Å². The van der Waals surface area contributed by atoms with Crippen LogP contribution in [0.1, 0.15) is 53.9 Å². The van der Waals surface area contributed by atoms with Crippen molar-refractivity contribution < 1.29 is 22.9 Å². The van der Waals surface area contributed by atoms with Gasteiger partial charge in [-0.3, -0.25) is 8.77 Å². The molecule has 1 amide bonds. The molecule has 2 aliphatic rings. The van der Waals surface area contributed by atoms with Crippen LogP contribution in [0.3, 0.4) is 0 Å². The lowest BCUT2D eigenvalue weighted by molar-refractivity contribution is -0.120. The number of carbonyl (C=O) groups excluding carboxylic acids is 1. The lowest BCUT2D eigenvalue weighted by atomic mass is 10.0. The minimum Gasteiger partial charge on any atom is -0.483 e. The maximum atomic E-state index is 15.4. The van der Waals surface area contributed by atoms with Gasteiger partial charge in [0.05, 0.1) is 28.2 Å². The molecule has 1 aromatic rings. The Balaban J connectivity index is 1.89. The van der Waals surface area contributed by atoms with Gasteiger partial charge in [0.15, 0.2) is 8.24 Å². The van der Waals surface area contributed by atoms with Crippen molar-refractivity contribution in [1.82, 2.24) is 8.95 Å². The summed E-state index contributed by atoms with van der Waals surface area (Å²) in [6, 6.07) is 1.50. The van der Waals surface area contributed by atoms with Crippen LogP contribution in [0, 0.1) is 4.78 Å². The molecule has 7 nitrogen and oxygen atoms in total. The molecule has 3 rings (SSSR count). The van der Waals surface area contributed by atoms with Crippen molar-refractivity contribution in [3.05, 3.63) is 39.8 Å². The Kier molecular flexibility index (Phi) is 8.25. The molecule has 1 N–H and O–H groups in total. The van der Waals surface area contributed by atoms with E-state index in [4.69, 9.17) is 37.5 Å². The highest BCUT2D eigenvalue weighted by molar-refractivity contribution is 7.93. The minimum atomic E-state index is -3.43. The summed E-state index contributed by atoms with van der Waals surface area (Å²) in [5.74, 6) is -0.963. The van der Waals surface area contributed by atoms with Crippen LogP contribution in [0.5, 0.6) is 11.6 Å². The molecule has 1 saturated carbocycles. The van der Waals surface area contributed by atoms with Gasteiger partial charge in [0.25, 0.3) is 5.91 Å². The Morgan fingerprint density at radius 3 is 2.42 bits per heavy atom. The molecule has 0 radical (unpaired) electrons. The number of nitrogens with zero attached hydrogens (tertiary/aromatic N) is 2. The Labute approximate surface area is 224 Å². The fourth-order valence-electron chi connectivity index (χ4n) is 3.57. The molecular weight excluding hydrogens is 544 g/mol. The number of nitrogens with one attached hydrogen (secondary N) is 1. The van der Waals surface area contributed by atoms with E-state index < -0.39 is 46.3 Å². The smallest absolute Gasteiger partial charge is 0.260 e. The van der Waals surface area contributed by atoms with Crippen molar-refractivity contribution in [3.8, 4) is 11.6 Å². The number of aromatic nitrogens is 1. The maximum absolute atomic E-state index is 15.4. The summed E-state index contributed by atoms with van der Waals surface area (Å²) in [4.78, 5) is 17.9. The Morgan fingerprint density at radius 2 is 1.92 bits per heavy atom. The topological polar surface area (TPSA) is 92.6 Å². The van der Waals surface area contributed by atoms with Crippen LogP contribution in [0.4, 0.5) is 4.39 Å². The molecule has 200 valence electrons. The van der Waals surface area contributed by atoms with E-state index in [1.807, 2.05) is 47.7 Å². The van der Waals surface area contributed by atoms with Gasteiger partial charge in [-0.15, -0.1) is 0 Å². The van der Waals surface area contributed by atoms with Gasteiger partial charge in [-0.25, -0.2) is 18.4 Å². The summed E-state index contributed by atoms with van der Waals surface area (Å²) < 4.78 is 50.2. The molecule has 2 unspecified atom stereocenters. The van der Waals surface area contributed by atoms with E-state index in [2.05, 4.69) is 4.98 Å². The first-order valence-corrected chi connectivity index (χ1v) is 17.1. The Hall–Kier alpha value is -1.62. The number of halogens is 3. The van der Waals surface area contributed by atoms with E-state index in [0.29, 0.717) is 12.8 Å². The van der Waals surface area contributed by atoms with Crippen LogP contribution in [0.15, 0.2) is 34.8 Å². The lowest BCUT2D eigenvalue weighted by Crippen LogP contribution is -2.60. The van der Waals surface area contributed by atoms with Gasteiger partial charge >= 0.3 is 0 Å². The molecule has 0 spiro atoms. The second-order valence-electron chi connectivity index (χ2n) is 11.0. The van der Waals surface area contributed by atoms with Gasteiger partial charge in [-0.05, 0) is 37.8 Å². The summed E-state index contributed by atoms with van der Waals surface area (Å²) >= 11 is 12.7. The molecule has 2 atom stereocenters. The third kappa shape index (κ3) is 5.92. The molecule has 2 aliphatic carbocycles. The van der Waals surface area contributed by atoms with Crippen molar-refractivity contribution in [1.29, 1.82) is 4.78 Å². The molecular formula is C24H34Cl2FN3O4SSi.